The monoisotopic (exact) mass is 282 g/mol. The molecule has 1 aliphatic heterocycles. The van der Waals surface area contributed by atoms with Crippen molar-refractivity contribution in [2.75, 3.05) is 27.2 Å². The number of nitrogens with one attached hydrogen (secondary N) is 2. The van der Waals surface area contributed by atoms with Crippen LogP contribution in [0.3, 0.4) is 0 Å². The summed E-state index contributed by atoms with van der Waals surface area (Å²) in [6.45, 7) is 0.808. The molecule has 20 heavy (non-hydrogen) atoms. The van der Waals surface area contributed by atoms with E-state index in [1.807, 2.05) is 24.0 Å². The first-order valence-corrected chi connectivity index (χ1v) is 6.34. The number of aromatic nitrogens is 2. The summed E-state index contributed by atoms with van der Waals surface area (Å²) in [5.41, 5.74) is -1.40. The van der Waals surface area contributed by atoms with Crippen molar-refractivity contribution in [3.63, 3.8) is 0 Å². The van der Waals surface area contributed by atoms with Gasteiger partial charge in [-0.2, -0.15) is 0 Å². The van der Waals surface area contributed by atoms with E-state index in [2.05, 4.69) is 4.98 Å². The lowest BCUT2D eigenvalue weighted by Gasteiger charge is -2.26. The van der Waals surface area contributed by atoms with Crippen LogP contribution in [0.15, 0.2) is 15.7 Å². The number of β-amino-alcohol motifs (C(OH)–C–C–N with tert-alkyl or cyclic N) is 1. The Kier molecular flexibility index (Phi) is 4.05. The number of carbonyl (C=O) groups excluding carboxylic acids is 1. The third-order valence-corrected chi connectivity index (χ3v) is 3.22. The SMILES string of the molecule is CN(C)CC1CC(O)CN1C(=O)c1cc(=O)[nH]c(=O)[nH]1. The van der Waals surface area contributed by atoms with E-state index in [-0.39, 0.29) is 18.3 Å². The van der Waals surface area contributed by atoms with E-state index in [1.165, 1.54) is 4.90 Å². The fourth-order valence-electron chi connectivity index (χ4n) is 2.47. The topological polar surface area (TPSA) is 110 Å². The van der Waals surface area contributed by atoms with Gasteiger partial charge in [-0.05, 0) is 20.5 Å². The Morgan fingerprint density at radius 2 is 2.15 bits per heavy atom. The molecule has 0 saturated carbocycles. The number of hydrogen-bond acceptors (Lipinski definition) is 5. The van der Waals surface area contributed by atoms with Crippen molar-refractivity contribution in [3.05, 3.63) is 32.6 Å². The van der Waals surface area contributed by atoms with Gasteiger partial charge in [0.15, 0.2) is 0 Å². The maximum atomic E-state index is 12.4. The maximum Gasteiger partial charge on any atom is 0.326 e. The van der Waals surface area contributed by atoms with Gasteiger partial charge < -0.3 is 19.9 Å². The number of hydrogen-bond donors (Lipinski definition) is 3. The Bertz CT molecular complexity index is 578. The van der Waals surface area contributed by atoms with E-state index in [1.54, 1.807) is 0 Å². The van der Waals surface area contributed by atoms with Crippen molar-refractivity contribution in [3.8, 4) is 0 Å². The number of likely N-dealkylation sites (N-methyl/N-ethyl adjacent to an activating group) is 1. The molecule has 1 saturated heterocycles. The summed E-state index contributed by atoms with van der Waals surface area (Å²) < 4.78 is 0. The van der Waals surface area contributed by atoms with Gasteiger partial charge in [-0.15, -0.1) is 0 Å². The number of aromatic amines is 2. The first-order valence-electron chi connectivity index (χ1n) is 6.34. The second kappa shape index (κ2) is 5.59. The van der Waals surface area contributed by atoms with Gasteiger partial charge in [0.1, 0.15) is 5.69 Å². The molecule has 0 aromatic carbocycles. The summed E-state index contributed by atoms with van der Waals surface area (Å²) in [6.07, 6.45) is -0.102. The van der Waals surface area contributed by atoms with E-state index in [0.717, 1.165) is 6.07 Å². The van der Waals surface area contributed by atoms with Crippen LogP contribution in [-0.4, -0.2) is 70.1 Å². The summed E-state index contributed by atoms with van der Waals surface area (Å²) in [6, 6.07) is 0.913. The van der Waals surface area contributed by atoms with Gasteiger partial charge in [0.25, 0.3) is 11.5 Å². The van der Waals surface area contributed by atoms with Crippen LogP contribution in [-0.2, 0) is 0 Å². The molecular weight excluding hydrogens is 264 g/mol. The average molecular weight is 282 g/mol. The maximum absolute atomic E-state index is 12.4. The molecule has 1 fully saturated rings. The number of aliphatic hydroxyl groups is 1. The van der Waals surface area contributed by atoms with Crippen LogP contribution in [0, 0.1) is 0 Å². The molecule has 1 aliphatic rings. The van der Waals surface area contributed by atoms with Gasteiger partial charge in [-0.25, -0.2) is 4.79 Å². The first kappa shape index (κ1) is 14.5. The van der Waals surface area contributed by atoms with Gasteiger partial charge in [-0.1, -0.05) is 0 Å². The predicted octanol–water partition coefficient (Wildman–Crippen LogP) is -1.80. The molecule has 0 spiro atoms. The second-order valence-electron chi connectivity index (χ2n) is 5.26. The largest absolute Gasteiger partial charge is 0.391 e. The molecule has 2 unspecified atom stereocenters. The highest BCUT2D eigenvalue weighted by Gasteiger charge is 2.35. The lowest BCUT2D eigenvalue weighted by Crippen LogP contribution is -2.42. The zero-order valence-electron chi connectivity index (χ0n) is 11.4. The van der Waals surface area contributed by atoms with E-state index in [4.69, 9.17) is 0 Å². The normalized spacial score (nSPS) is 22.5. The molecule has 1 aromatic rings. The van der Waals surface area contributed by atoms with Crippen molar-refractivity contribution in [1.29, 1.82) is 0 Å². The summed E-state index contributed by atoms with van der Waals surface area (Å²) >= 11 is 0. The Morgan fingerprint density at radius 3 is 2.75 bits per heavy atom. The molecule has 8 nitrogen and oxygen atoms in total. The van der Waals surface area contributed by atoms with Crippen LogP contribution in [0.25, 0.3) is 0 Å². The first-order chi connectivity index (χ1) is 9.36. The molecule has 0 aliphatic carbocycles. The van der Waals surface area contributed by atoms with Gasteiger partial charge in [0, 0.05) is 25.2 Å². The number of amides is 1. The molecule has 8 heteroatoms. The molecule has 1 amide bonds. The highest BCUT2D eigenvalue weighted by atomic mass is 16.3. The van der Waals surface area contributed by atoms with Crippen molar-refractivity contribution < 1.29 is 9.90 Å². The fourth-order valence-corrected chi connectivity index (χ4v) is 2.47. The number of aliphatic hydroxyl groups excluding tert-OH is 1. The molecule has 3 N–H and O–H groups in total. The van der Waals surface area contributed by atoms with E-state index < -0.39 is 23.3 Å². The third kappa shape index (κ3) is 3.14. The van der Waals surface area contributed by atoms with Crippen LogP contribution in [0.2, 0.25) is 0 Å². The number of carbonyl (C=O) groups is 1. The number of rotatable bonds is 3. The molecule has 0 bridgehead atoms. The Morgan fingerprint density at radius 1 is 1.45 bits per heavy atom. The molecule has 110 valence electrons. The summed E-state index contributed by atoms with van der Waals surface area (Å²) in [5, 5.41) is 9.74. The third-order valence-electron chi connectivity index (χ3n) is 3.22. The highest BCUT2D eigenvalue weighted by Crippen LogP contribution is 2.20. The van der Waals surface area contributed by atoms with Crippen LogP contribution in [0.4, 0.5) is 0 Å². The van der Waals surface area contributed by atoms with E-state index >= 15 is 0 Å². The van der Waals surface area contributed by atoms with Gasteiger partial charge in [0.05, 0.1) is 6.10 Å². The lowest BCUT2D eigenvalue weighted by molar-refractivity contribution is 0.0692. The van der Waals surface area contributed by atoms with Crippen LogP contribution in [0.5, 0.6) is 0 Å². The fraction of sp³-hybridized carbons (Fsp3) is 0.583. The molecule has 1 aromatic heterocycles. The standard InChI is InChI=1S/C12H18N4O4/c1-15(2)5-7-3-8(17)6-16(7)11(19)9-4-10(18)14-12(20)13-9/h4,7-8,17H,3,5-6H2,1-2H3,(H2,13,14,18,20). The van der Waals surface area contributed by atoms with Crippen molar-refractivity contribution in [2.45, 2.75) is 18.6 Å². The zero-order chi connectivity index (χ0) is 14.9. The zero-order valence-corrected chi connectivity index (χ0v) is 11.4. The lowest BCUT2D eigenvalue weighted by atomic mass is 10.2. The number of H-pyrrole nitrogens is 2. The average Bonchev–Trinajstić information content (AvgIpc) is 2.67. The summed E-state index contributed by atoms with van der Waals surface area (Å²) in [4.78, 5) is 42.6. The van der Waals surface area contributed by atoms with Gasteiger partial charge in [0.2, 0.25) is 0 Å². The minimum Gasteiger partial charge on any atom is -0.391 e. The van der Waals surface area contributed by atoms with Crippen LogP contribution in [0.1, 0.15) is 16.9 Å². The molecular formula is C12H18N4O4. The smallest absolute Gasteiger partial charge is 0.326 e. The Labute approximate surface area is 115 Å². The molecule has 0 radical (unpaired) electrons. The van der Waals surface area contributed by atoms with Gasteiger partial charge >= 0.3 is 5.69 Å². The quantitative estimate of drug-likeness (QED) is 0.606. The van der Waals surface area contributed by atoms with E-state index in [9.17, 15) is 19.5 Å². The number of likely N-dealkylation sites (tertiary alicyclic amines) is 1. The molecule has 2 heterocycles. The minimum absolute atomic E-state index is 0.0587. The molecule has 2 atom stereocenters. The van der Waals surface area contributed by atoms with Crippen LogP contribution >= 0.6 is 0 Å². The predicted molar refractivity (Wildman–Crippen MR) is 71.7 cm³/mol. The van der Waals surface area contributed by atoms with Crippen molar-refractivity contribution in [2.24, 2.45) is 0 Å². The Hall–Kier alpha value is -1.93. The van der Waals surface area contributed by atoms with Crippen molar-refractivity contribution >= 4 is 5.91 Å². The second-order valence-corrected chi connectivity index (χ2v) is 5.26. The Balaban J connectivity index is 2.26. The molecule has 2 rings (SSSR count). The number of nitrogens with zero attached hydrogens (tertiary/aromatic N) is 2. The highest BCUT2D eigenvalue weighted by molar-refractivity contribution is 5.92. The summed E-state index contributed by atoms with van der Waals surface area (Å²) in [5.74, 6) is -0.448. The summed E-state index contributed by atoms with van der Waals surface area (Å²) in [7, 11) is 3.75. The van der Waals surface area contributed by atoms with Gasteiger partial charge in [-0.3, -0.25) is 14.6 Å². The van der Waals surface area contributed by atoms with Crippen LogP contribution < -0.4 is 11.2 Å². The van der Waals surface area contributed by atoms with E-state index in [0.29, 0.717) is 13.0 Å². The minimum atomic E-state index is -0.718. The van der Waals surface area contributed by atoms with Crippen molar-refractivity contribution in [1.82, 2.24) is 19.8 Å².